The summed E-state index contributed by atoms with van der Waals surface area (Å²) in [5.74, 6) is 0.836. The molecule has 0 aliphatic carbocycles. The van der Waals surface area contributed by atoms with Crippen LogP contribution in [0.5, 0.6) is 5.75 Å². The van der Waals surface area contributed by atoms with Gasteiger partial charge in [0.15, 0.2) is 0 Å². The topological polar surface area (TPSA) is 27.1 Å². The second-order valence-corrected chi connectivity index (χ2v) is 4.23. The first kappa shape index (κ1) is 12.0. The van der Waals surface area contributed by atoms with Crippen molar-refractivity contribution in [3.8, 4) is 11.4 Å². The van der Waals surface area contributed by atoms with Gasteiger partial charge in [-0.25, -0.2) is 4.98 Å². The Bertz CT molecular complexity index is 619. The number of rotatable bonds is 2. The van der Waals surface area contributed by atoms with Crippen molar-refractivity contribution in [2.45, 2.75) is 0 Å². The summed E-state index contributed by atoms with van der Waals surface area (Å²) in [5, 5.41) is 4.16. The number of benzene rings is 1. The molecule has 3 nitrogen and oxygen atoms in total. The summed E-state index contributed by atoms with van der Waals surface area (Å²) >= 11 is 1.68. The molecule has 5 heteroatoms. The van der Waals surface area contributed by atoms with E-state index in [-0.39, 0.29) is 12.4 Å². The van der Waals surface area contributed by atoms with Crippen LogP contribution in [0.1, 0.15) is 0 Å². The predicted molar refractivity (Wildman–Crippen MR) is 72.7 cm³/mol. The van der Waals surface area contributed by atoms with Gasteiger partial charge in [0.05, 0.1) is 23.8 Å². The maximum Gasteiger partial charge on any atom is 0.121 e. The number of hydrogen-bond acceptors (Lipinski definition) is 3. The van der Waals surface area contributed by atoms with Crippen molar-refractivity contribution in [3.05, 3.63) is 41.4 Å². The Morgan fingerprint density at radius 3 is 2.88 bits per heavy atom. The van der Waals surface area contributed by atoms with E-state index >= 15 is 0 Å². The first-order valence-corrected chi connectivity index (χ1v) is 5.86. The van der Waals surface area contributed by atoms with E-state index in [1.807, 2.05) is 24.5 Å². The van der Waals surface area contributed by atoms with Crippen molar-refractivity contribution in [3.63, 3.8) is 0 Å². The van der Waals surface area contributed by atoms with Crippen molar-refractivity contribution in [2.75, 3.05) is 7.11 Å². The van der Waals surface area contributed by atoms with Gasteiger partial charge in [0.2, 0.25) is 0 Å². The van der Waals surface area contributed by atoms with Gasteiger partial charge in [0, 0.05) is 11.4 Å². The molecule has 1 aromatic carbocycles. The third kappa shape index (κ3) is 2.01. The fraction of sp³-hybridized carbons (Fsp3) is 0.0833. The van der Waals surface area contributed by atoms with Crippen LogP contribution >= 0.6 is 23.7 Å². The van der Waals surface area contributed by atoms with Crippen LogP contribution in [-0.2, 0) is 0 Å². The van der Waals surface area contributed by atoms with E-state index in [2.05, 4.69) is 26.4 Å². The fourth-order valence-electron chi connectivity index (χ4n) is 1.72. The molecule has 0 saturated carbocycles. The van der Waals surface area contributed by atoms with Gasteiger partial charge < -0.3 is 4.74 Å². The molecule has 0 atom stereocenters. The first-order chi connectivity index (χ1) is 7.88. The van der Waals surface area contributed by atoms with Gasteiger partial charge in [0.1, 0.15) is 12.1 Å². The molecule has 0 bridgehead atoms. The molecule has 0 aliphatic rings. The van der Waals surface area contributed by atoms with Gasteiger partial charge in [-0.15, -0.1) is 12.4 Å². The molecule has 2 heterocycles. The second-order valence-electron chi connectivity index (χ2n) is 3.45. The maximum atomic E-state index is 5.18. The Morgan fingerprint density at radius 1 is 1.29 bits per heavy atom. The van der Waals surface area contributed by atoms with E-state index in [9.17, 15) is 0 Å². The molecule has 0 saturated heterocycles. The van der Waals surface area contributed by atoms with Crippen molar-refractivity contribution < 1.29 is 4.74 Å². The number of ether oxygens (including phenoxy) is 1. The van der Waals surface area contributed by atoms with E-state index < -0.39 is 0 Å². The van der Waals surface area contributed by atoms with Crippen molar-refractivity contribution >= 4 is 34.8 Å². The molecule has 0 unspecified atom stereocenters. The third-order valence-corrected chi connectivity index (χ3v) is 3.21. The van der Waals surface area contributed by atoms with Gasteiger partial charge in [-0.1, -0.05) is 0 Å². The molecule has 0 aliphatic heterocycles. The maximum absolute atomic E-state index is 5.18. The molecule has 3 aromatic rings. The number of aromatic nitrogens is 2. The average molecular weight is 267 g/mol. The molecule has 0 N–H and O–H groups in total. The average Bonchev–Trinajstić information content (AvgIpc) is 2.96. The summed E-state index contributed by atoms with van der Waals surface area (Å²) in [7, 11) is 1.66. The lowest BCUT2D eigenvalue weighted by molar-refractivity contribution is 0.415. The summed E-state index contributed by atoms with van der Waals surface area (Å²) < 4.78 is 7.25. The van der Waals surface area contributed by atoms with Gasteiger partial charge in [-0.3, -0.25) is 4.57 Å². The summed E-state index contributed by atoms with van der Waals surface area (Å²) in [6.07, 6.45) is 1.84. The number of nitrogens with zero attached hydrogens (tertiary/aromatic N) is 2. The Morgan fingerprint density at radius 2 is 2.18 bits per heavy atom. The Kier molecular flexibility index (Phi) is 3.36. The zero-order valence-corrected chi connectivity index (χ0v) is 10.8. The summed E-state index contributed by atoms with van der Waals surface area (Å²) in [6, 6.07) is 8.00. The highest BCUT2D eigenvalue weighted by atomic mass is 35.5. The van der Waals surface area contributed by atoms with Gasteiger partial charge >= 0.3 is 0 Å². The van der Waals surface area contributed by atoms with Crippen LogP contribution in [0.25, 0.3) is 16.7 Å². The fourth-order valence-corrected chi connectivity index (χ4v) is 2.35. The van der Waals surface area contributed by atoms with Crippen molar-refractivity contribution in [1.29, 1.82) is 0 Å². The molecule has 2 aromatic heterocycles. The van der Waals surface area contributed by atoms with E-state index in [0.29, 0.717) is 0 Å². The van der Waals surface area contributed by atoms with E-state index in [1.165, 1.54) is 0 Å². The standard InChI is InChI=1S/C12H10N2OS.ClH/c1-15-10-2-3-12-11(6-10)13-8-14(12)9-4-5-16-7-9;/h2-8H,1H3;1H. The van der Waals surface area contributed by atoms with Crippen LogP contribution < -0.4 is 4.74 Å². The molecule has 3 rings (SSSR count). The molecule has 0 amide bonds. The molecular formula is C12H11ClN2OS. The number of halogens is 1. The summed E-state index contributed by atoms with van der Waals surface area (Å²) in [5.41, 5.74) is 3.20. The van der Waals surface area contributed by atoms with Gasteiger partial charge in [0.25, 0.3) is 0 Å². The monoisotopic (exact) mass is 266 g/mol. The van der Waals surface area contributed by atoms with E-state index in [1.54, 1.807) is 18.4 Å². The van der Waals surface area contributed by atoms with Crippen LogP contribution in [0.2, 0.25) is 0 Å². The third-order valence-electron chi connectivity index (χ3n) is 2.54. The zero-order valence-electron chi connectivity index (χ0n) is 9.16. The molecular weight excluding hydrogens is 256 g/mol. The second kappa shape index (κ2) is 4.77. The quantitative estimate of drug-likeness (QED) is 0.710. The zero-order chi connectivity index (χ0) is 11.0. The molecule has 0 radical (unpaired) electrons. The lowest BCUT2D eigenvalue weighted by atomic mass is 10.3. The van der Waals surface area contributed by atoms with Crippen LogP contribution in [0.3, 0.4) is 0 Å². The van der Waals surface area contributed by atoms with Crippen LogP contribution in [0, 0.1) is 0 Å². The minimum atomic E-state index is 0. The lowest BCUT2D eigenvalue weighted by Gasteiger charge is -2.01. The molecule has 88 valence electrons. The summed E-state index contributed by atoms with van der Waals surface area (Å²) in [4.78, 5) is 4.37. The Labute approximate surface area is 109 Å². The lowest BCUT2D eigenvalue weighted by Crippen LogP contribution is -1.88. The molecule has 17 heavy (non-hydrogen) atoms. The van der Waals surface area contributed by atoms with E-state index in [4.69, 9.17) is 4.74 Å². The normalized spacial score (nSPS) is 10.2. The van der Waals surface area contributed by atoms with Gasteiger partial charge in [-0.2, -0.15) is 11.3 Å². The Balaban J connectivity index is 0.00000108. The van der Waals surface area contributed by atoms with E-state index in [0.717, 1.165) is 22.5 Å². The van der Waals surface area contributed by atoms with Crippen molar-refractivity contribution in [1.82, 2.24) is 9.55 Å². The molecule has 0 fully saturated rings. The van der Waals surface area contributed by atoms with Gasteiger partial charge in [-0.05, 0) is 23.6 Å². The van der Waals surface area contributed by atoms with Crippen LogP contribution in [0.15, 0.2) is 41.4 Å². The number of methoxy groups -OCH3 is 1. The van der Waals surface area contributed by atoms with Crippen LogP contribution in [0.4, 0.5) is 0 Å². The molecule has 0 spiro atoms. The summed E-state index contributed by atoms with van der Waals surface area (Å²) in [6.45, 7) is 0. The van der Waals surface area contributed by atoms with Crippen LogP contribution in [-0.4, -0.2) is 16.7 Å². The SMILES string of the molecule is COc1ccc2c(c1)ncn2-c1ccsc1.Cl. The number of thiophene rings is 1. The minimum absolute atomic E-state index is 0. The highest BCUT2D eigenvalue weighted by Gasteiger charge is 2.05. The number of fused-ring (bicyclic) bond motifs is 1. The Hall–Kier alpha value is -1.52. The smallest absolute Gasteiger partial charge is 0.121 e. The first-order valence-electron chi connectivity index (χ1n) is 4.92. The number of imidazole rings is 1. The highest BCUT2D eigenvalue weighted by molar-refractivity contribution is 7.08. The predicted octanol–water partition coefficient (Wildman–Crippen LogP) is 3.52. The highest BCUT2D eigenvalue weighted by Crippen LogP contribution is 2.23. The largest absolute Gasteiger partial charge is 0.497 e. The minimum Gasteiger partial charge on any atom is -0.497 e. The van der Waals surface area contributed by atoms with Crippen molar-refractivity contribution in [2.24, 2.45) is 0 Å². The number of hydrogen-bond donors (Lipinski definition) is 0.